The average molecular weight is 630 g/mol. The predicted octanol–water partition coefficient (Wildman–Crippen LogP) is 8.20. The Morgan fingerprint density at radius 1 is 0.927 bits per heavy atom. The van der Waals surface area contributed by atoms with Gasteiger partial charge in [0.05, 0.1) is 12.1 Å². The molecule has 0 bridgehead atoms. The summed E-state index contributed by atoms with van der Waals surface area (Å²) in [7, 11) is 0. The first kappa shape index (κ1) is 34.5. The number of halogens is 1. The lowest BCUT2D eigenvalue weighted by Crippen LogP contribution is -2.32. The smallest absolute Gasteiger partial charge is 0.338 e. The first-order chi connectivity index (χ1) is 18.3. The number of nitrogens with one attached hydrogen (secondary N) is 1. The van der Waals surface area contributed by atoms with E-state index in [4.69, 9.17) is 10.1 Å². The Morgan fingerprint density at radius 2 is 1.44 bits per heavy atom. The number of carbonyl (C=O) groups is 2. The number of hydrogen-bond donors (Lipinski definition) is 2. The molecule has 0 spiro atoms. The highest BCUT2D eigenvalue weighted by Gasteiger charge is 2.39. The van der Waals surface area contributed by atoms with Gasteiger partial charge in [0.15, 0.2) is 5.78 Å². The third-order valence-electron chi connectivity index (χ3n) is 7.51. The summed E-state index contributed by atoms with van der Waals surface area (Å²) in [5.74, 6) is 0.322. The summed E-state index contributed by atoms with van der Waals surface area (Å²) in [4.78, 5) is 28.1. The van der Waals surface area contributed by atoms with Gasteiger partial charge in [-0.15, -0.1) is 17.0 Å². The normalized spacial score (nSPS) is 17.8. The Hall–Kier alpha value is -2.67. The zero-order chi connectivity index (χ0) is 30.2. The third kappa shape index (κ3) is 8.21. The first-order valence-corrected chi connectivity index (χ1v) is 14.4. The van der Waals surface area contributed by atoms with Crippen molar-refractivity contribution in [3.05, 3.63) is 64.2 Å². The molecule has 2 N–H and O–H groups in total. The molecule has 3 rings (SSSR count). The van der Waals surface area contributed by atoms with Crippen molar-refractivity contribution in [3.63, 3.8) is 0 Å². The van der Waals surface area contributed by atoms with Crippen LogP contribution in [0, 0.1) is 11.3 Å². The number of benzene rings is 2. The van der Waals surface area contributed by atoms with E-state index in [1.807, 2.05) is 91.5 Å². The van der Waals surface area contributed by atoms with Gasteiger partial charge >= 0.3 is 5.97 Å². The van der Waals surface area contributed by atoms with E-state index in [-0.39, 0.29) is 63.7 Å². The van der Waals surface area contributed by atoms with Crippen LogP contribution >= 0.6 is 17.0 Å². The van der Waals surface area contributed by atoms with E-state index in [1.165, 1.54) is 0 Å². The number of amidine groups is 1. The predicted molar refractivity (Wildman–Crippen MR) is 172 cm³/mol. The fourth-order valence-electron chi connectivity index (χ4n) is 5.48. The molecule has 0 aliphatic carbocycles. The zero-order valence-corrected chi connectivity index (χ0v) is 28.2. The summed E-state index contributed by atoms with van der Waals surface area (Å²) in [5.41, 5.74) is 2.31. The van der Waals surface area contributed by atoms with E-state index in [9.17, 15) is 14.7 Å². The van der Waals surface area contributed by atoms with Gasteiger partial charge in [-0.05, 0) is 73.8 Å². The molecule has 1 saturated heterocycles. The Bertz CT molecular complexity index is 1230. The summed E-state index contributed by atoms with van der Waals surface area (Å²) in [6.07, 6.45) is 1.92. The summed E-state index contributed by atoms with van der Waals surface area (Å²) in [5, 5.41) is 20.2. The second kappa shape index (κ2) is 12.7. The van der Waals surface area contributed by atoms with Gasteiger partial charge < -0.3 is 14.7 Å². The molecule has 226 valence electrons. The minimum Gasteiger partial charge on any atom is -0.507 e. The van der Waals surface area contributed by atoms with Gasteiger partial charge in [0.2, 0.25) is 0 Å². The number of rotatable bonds is 7. The standard InChI is InChI=1S/C34H48N2O4.BrH/c1-11-12-23-19-36(30(35)28(23)21-13-15-22(16-14-21)31(39)40-34(8,9)10)20-27(37)24-17-25(32(2,3)4)29(38)26(18-24)33(5,6)7;/h13-18,23,28,35,38H,11-12,19-20H2,1-10H3;1H/t23-,28+;/m0./s1. The number of aromatic hydroxyl groups is 1. The number of esters is 1. The number of carbonyl (C=O) groups excluding carboxylic acids is 2. The molecule has 1 aliphatic heterocycles. The van der Waals surface area contributed by atoms with Crippen molar-refractivity contribution in [2.24, 2.45) is 5.92 Å². The molecular formula is C34H49BrN2O4. The molecule has 0 unspecified atom stereocenters. The van der Waals surface area contributed by atoms with Crippen LogP contribution in [0.2, 0.25) is 0 Å². The second-order valence-electron chi connectivity index (χ2n) is 14.3. The number of hydrogen-bond acceptors (Lipinski definition) is 5. The fourth-order valence-corrected chi connectivity index (χ4v) is 5.48. The molecule has 0 amide bonds. The van der Waals surface area contributed by atoms with Gasteiger partial charge in [0.25, 0.3) is 0 Å². The van der Waals surface area contributed by atoms with Crippen LogP contribution in [0.3, 0.4) is 0 Å². The number of ether oxygens (including phenoxy) is 1. The Balaban J connectivity index is 0.00000588. The van der Waals surface area contributed by atoms with E-state index < -0.39 is 5.60 Å². The minimum atomic E-state index is -0.568. The van der Waals surface area contributed by atoms with Crippen LogP contribution in [0.25, 0.3) is 0 Å². The summed E-state index contributed by atoms with van der Waals surface area (Å²) in [6.45, 7) is 20.6. The van der Waals surface area contributed by atoms with Crippen molar-refractivity contribution in [2.45, 2.75) is 104 Å². The molecule has 0 radical (unpaired) electrons. The maximum absolute atomic E-state index is 13.7. The zero-order valence-electron chi connectivity index (χ0n) is 26.5. The summed E-state index contributed by atoms with van der Waals surface area (Å²) in [6, 6.07) is 11.0. The minimum absolute atomic E-state index is 0. The SMILES string of the molecule is Br.CCC[C@H]1CN(CC(=O)c2cc(C(C)(C)C)c(O)c(C(C)(C)C)c2)C(=N)[C@@H]1c1ccc(C(=O)OC(C)(C)C)cc1. The molecule has 0 aromatic heterocycles. The first-order valence-electron chi connectivity index (χ1n) is 14.4. The van der Waals surface area contributed by atoms with E-state index in [0.29, 0.717) is 23.5 Å². The highest BCUT2D eigenvalue weighted by atomic mass is 79.9. The van der Waals surface area contributed by atoms with Crippen LogP contribution in [0.15, 0.2) is 36.4 Å². The Morgan fingerprint density at radius 3 is 1.88 bits per heavy atom. The van der Waals surface area contributed by atoms with E-state index >= 15 is 0 Å². The van der Waals surface area contributed by atoms with E-state index in [2.05, 4.69) is 6.92 Å². The van der Waals surface area contributed by atoms with Crippen LogP contribution in [0.4, 0.5) is 0 Å². The van der Waals surface area contributed by atoms with Gasteiger partial charge in [-0.2, -0.15) is 0 Å². The van der Waals surface area contributed by atoms with Crippen molar-refractivity contribution in [3.8, 4) is 5.75 Å². The largest absolute Gasteiger partial charge is 0.507 e. The molecule has 1 heterocycles. The molecule has 0 saturated carbocycles. The van der Waals surface area contributed by atoms with E-state index in [1.54, 1.807) is 12.1 Å². The van der Waals surface area contributed by atoms with Crippen molar-refractivity contribution >= 4 is 34.6 Å². The monoisotopic (exact) mass is 628 g/mol. The highest BCUT2D eigenvalue weighted by molar-refractivity contribution is 8.93. The van der Waals surface area contributed by atoms with Crippen molar-refractivity contribution < 1.29 is 19.4 Å². The quantitative estimate of drug-likeness (QED) is 0.238. The maximum Gasteiger partial charge on any atom is 0.338 e. The third-order valence-corrected chi connectivity index (χ3v) is 7.51. The van der Waals surface area contributed by atoms with Gasteiger partial charge in [-0.1, -0.05) is 67.0 Å². The number of likely N-dealkylation sites (tertiary alicyclic amines) is 1. The topological polar surface area (TPSA) is 90.7 Å². The Labute approximate surface area is 257 Å². The lowest BCUT2D eigenvalue weighted by molar-refractivity contribution is 0.00693. The van der Waals surface area contributed by atoms with Crippen molar-refractivity contribution in [2.75, 3.05) is 13.1 Å². The lowest BCUT2D eigenvalue weighted by Gasteiger charge is -2.28. The number of ketones is 1. The van der Waals surface area contributed by atoms with Crippen LogP contribution < -0.4 is 0 Å². The number of Topliss-reactive ketones (excluding diaryl/α,β-unsaturated/α-hetero) is 1. The van der Waals surface area contributed by atoms with Crippen LogP contribution in [-0.4, -0.2) is 46.3 Å². The van der Waals surface area contributed by atoms with Gasteiger partial charge in [-0.25, -0.2) is 4.79 Å². The summed E-state index contributed by atoms with van der Waals surface area (Å²) >= 11 is 0. The van der Waals surface area contributed by atoms with Gasteiger partial charge in [0.1, 0.15) is 17.2 Å². The molecule has 2 atom stereocenters. The maximum atomic E-state index is 13.7. The van der Waals surface area contributed by atoms with E-state index in [0.717, 1.165) is 29.5 Å². The van der Waals surface area contributed by atoms with Gasteiger partial charge in [0, 0.05) is 29.2 Å². The number of phenols is 1. The highest BCUT2D eigenvalue weighted by Crippen LogP contribution is 2.41. The molecular weight excluding hydrogens is 580 g/mol. The molecule has 41 heavy (non-hydrogen) atoms. The second-order valence-corrected chi connectivity index (χ2v) is 14.3. The lowest BCUT2D eigenvalue weighted by atomic mass is 9.78. The fraction of sp³-hybridized carbons (Fsp3) is 0.559. The molecule has 6 nitrogen and oxygen atoms in total. The average Bonchev–Trinajstić information content (AvgIpc) is 3.11. The number of phenolic OH excluding ortho intramolecular Hbond substituents is 1. The summed E-state index contributed by atoms with van der Waals surface area (Å²) < 4.78 is 5.50. The number of nitrogens with zero attached hydrogens (tertiary/aromatic N) is 1. The van der Waals surface area contributed by atoms with Crippen molar-refractivity contribution in [1.29, 1.82) is 5.41 Å². The molecule has 2 aromatic carbocycles. The molecule has 1 fully saturated rings. The molecule has 2 aromatic rings. The van der Waals surface area contributed by atoms with Crippen molar-refractivity contribution in [1.82, 2.24) is 4.90 Å². The van der Waals surface area contributed by atoms with Crippen LogP contribution in [0.1, 0.15) is 125 Å². The molecule has 1 aliphatic rings. The Kier molecular flexibility index (Phi) is 10.7. The van der Waals surface area contributed by atoms with Crippen LogP contribution in [-0.2, 0) is 15.6 Å². The van der Waals surface area contributed by atoms with Gasteiger partial charge in [-0.3, -0.25) is 10.2 Å². The molecule has 7 heteroatoms. The van der Waals surface area contributed by atoms with Crippen LogP contribution in [0.5, 0.6) is 5.75 Å².